The van der Waals surface area contributed by atoms with E-state index in [4.69, 9.17) is 11.6 Å². The molecule has 1 amide bonds. The monoisotopic (exact) mass is 344 g/mol. The van der Waals surface area contributed by atoms with Gasteiger partial charge in [0.1, 0.15) is 0 Å². The minimum atomic E-state index is 0.0660. The lowest BCUT2D eigenvalue weighted by atomic mass is 10.0. The number of rotatable bonds is 4. The van der Waals surface area contributed by atoms with Gasteiger partial charge in [0.25, 0.3) is 0 Å². The molecule has 1 atom stereocenters. The van der Waals surface area contributed by atoms with Gasteiger partial charge in [-0.1, -0.05) is 31.5 Å². The molecule has 0 radical (unpaired) electrons. The van der Waals surface area contributed by atoms with Crippen molar-refractivity contribution >= 4 is 29.1 Å². The van der Waals surface area contributed by atoms with Gasteiger partial charge in [0.15, 0.2) is 0 Å². The number of amides is 1. The van der Waals surface area contributed by atoms with Crippen molar-refractivity contribution in [3.05, 3.63) is 46.7 Å². The number of halogens is 1. The van der Waals surface area contributed by atoms with Crippen molar-refractivity contribution in [1.29, 1.82) is 0 Å². The van der Waals surface area contributed by atoms with E-state index >= 15 is 0 Å². The summed E-state index contributed by atoms with van der Waals surface area (Å²) >= 11 is 5.99. The molecule has 0 fully saturated rings. The van der Waals surface area contributed by atoms with Crippen LogP contribution >= 0.6 is 11.6 Å². The first-order valence-corrected chi connectivity index (χ1v) is 8.60. The summed E-state index contributed by atoms with van der Waals surface area (Å²) in [6.45, 7) is 5.32. The molecule has 0 spiro atoms. The predicted octanol–water partition coefficient (Wildman–Crippen LogP) is 3.80. The van der Waals surface area contributed by atoms with Crippen LogP contribution in [0, 0.1) is 5.92 Å². The molecule has 1 aromatic heterocycles. The van der Waals surface area contributed by atoms with E-state index in [1.165, 1.54) is 0 Å². The molecule has 0 saturated carbocycles. The molecular formula is C18H21ClN4O. The van der Waals surface area contributed by atoms with Crippen molar-refractivity contribution in [2.75, 3.05) is 11.9 Å². The Kier molecular flexibility index (Phi) is 5.00. The summed E-state index contributed by atoms with van der Waals surface area (Å²) in [5, 5.41) is 3.83. The molecule has 0 saturated heterocycles. The molecule has 0 aliphatic carbocycles. The van der Waals surface area contributed by atoms with Crippen molar-refractivity contribution in [1.82, 2.24) is 14.9 Å². The molecule has 5 nitrogen and oxygen atoms in total. The number of carbonyl (C=O) groups excluding carboxylic acids is 1. The third kappa shape index (κ3) is 3.67. The van der Waals surface area contributed by atoms with Crippen molar-refractivity contribution in [3.8, 4) is 0 Å². The summed E-state index contributed by atoms with van der Waals surface area (Å²) in [4.78, 5) is 23.2. The van der Waals surface area contributed by atoms with Crippen molar-refractivity contribution in [3.63, 3.8) is 0 Å². The summed E-state index contributed by atoms with van der Waals surface area (Å²) in [7, 11) is 0. The van der Waals surface area contributed by atoms with E-state index < -0.39 is 0 Å². The highest BCUT2D eigenvalue weighted by Crippen LogP contribution is 2.22. The number of nitrogens with one attached hydrogen (secondary N) is 1. The Morgan fingerprint density at radius 3 is 3.04 bits per heavy atom. The summed E-state index contributed by atoms with van der Waals surface area (Å²) in [5.74, 6) is 0.832. The maximum absolute atomic E-state index is 12.3. The van der Waals surface area contributed by atoms with Crippen LogP contribution in [0.15, 0.2) is 30.5 Å². The van der Waals surface area contributed by atoms with Gasteiger partial charge in [-0.05, 0) is 24.6 Å². The number of hydrogen-bond acceptors (Lipinski definition) is 4. The highest BCUT2D eigenvalue weighted by atomic mass is 35.5. The minimum absolute atomic E-state index is 0.0660. The van der Waals surface area contributed by atoms with Crippen LogP contribution in [-0.2, 0) is 17.8 Å². The molecule has 1 aliphatic heterocycles. The standard InChI is InChI=1S/C18H21ClN4O/c1-3-12(2)17(24)23-8-7-16-13(11-23)10-20-18(22-16)21-15-6-4-5-14(19)9-15/h4-6,9-10,12H,3,7-8,11H2,1-2H3,(H,20,21,22). The lowest BCUT2D eigenvalue weighted by Gasteiger charge is -2.30. The summed E-state index contributed by atoms with van der Waals surface area (Å²) in [6.07, 6.45) is 3.43. The van der Waals surface area contributed by atoms with Crippen LogP contribution in [0.2, 0.25) is 5.02 Å². The van der Waals surface area contributed by atoms with Gasteiger partial charge in [-0.3, -0.25) is 4.79 Å². The van der Waals surface area contributed by atoms with Crippen molar-refractivity contribution in [2.24, 2.45) is 5.92 Å². The van der Waals surface area contributed by atoms with Gasteiger partial charge in [0.05, 0.1) is 5.69 Å². The summed E-state index contributed by atoms with van der Waals surface area (Å²) < 4.78 is 0. The quantitative estimate of drug-likeness (QED) is 0.916. The molecule has 1 unspecified atom stereocenters. The molecular weight excluding hydrogens is 324 g/mol. The van der Waals surface area contributed by atoms with E-state index in [1.54, 1.807) is 0 Å². The average Bonchev–Trinajstić information content (AvgIpc) is 2.60. The number of anilines is 2. The van der Waals surface area contributed by atoms with Crippen LogP contribution in [0.25, 0.3) is 0 Å². The fraction of sp³-hybridized carbons (Fsp3) is 0.389. The number of benzene rings is 1. The molecule has 1 aromatic carbocycles. The zero-order chi connectivity index (χ0) is 17.1. The normalized spacial score (nSPS) is 14.9. The number of nitrogens with zero attached hydrogens (tertiary/aromatic N) is 3. The number of aromatic nitrogens is 2. The van der Waals surface area contributed by atoms with Gasteiger partial charge in [0, 0.05) is 47.9 Å². The molecule has 2 heterocycles. The highest BCUT2D eigenvalue weighted by Gasteiger charge is 2.24. The van der Waals surface area contributed by atoms with E-state index in [2.05, 4.69) is 15.3 Å². The van der Waals surface area contributed by atoms with E-state index in [9.17, 15) is 4.79 Å². The Morgan fingerprint density at radius 1 is 1.46 bits per heavy atom. The van der Waals surface area contributed by atoms with Crippen LogP contribution in [0.4, 0.5) is 11.6 Å². The van der Waals surface area contributed by atoms with E-state index in [-0.39, 0.29) is 11.8 Å². The summed E-state index contributed by atoms with van der Waals surface area (Å²) in [6, 6.07) is 7.45. The zero-order valence-electron chi connectivity index (χ0n) is 13.9. The second kappa shape index (κ2) is 7.18. The van der Waals surface area contributed by atoms with E-state index in [1.807, 2.05) is 49.2 Å². The Bertz CT molecular complexity index is 750. The van der Waals surface area contributed by atoms with Crippen LogP contribution < -0.4 is 5.32 Å². The first-order valence-electron chi connectivity index (χ1n) is 8.23. The van der Waals surface area contributed by atoms with Crippen LogP contribution in [0.5, 0.6) is 0 Å². The topological polar surface area (TPSA) is 58.1 Å². The average molecular weight is 345 g/mol. The minimum Gasteiger partial charge on any atom is -0.338 e. The van der Waals surface area contributed by atoms with E-state index in [0.717, 1.165) is 29.8 Å². The second-order valence-corrected chi connectivity index (χ2v) is 6.56. The van der Waals surface area contributed by atoms with Crippen LogP contribution in [-0.4, -0.2) is 27.3 Å². The fourth-order valence-electron chi connectivity index (χ4n) is 2.75. The number of hydrogen-bond donors (Lipinski definition) is 1. The van der Waals surface area contributed by atoms with Crippen molar-refractivity contribution in [2.45, 2.75) is 33.2 Å². The molecule has 2 aromatic rings. The molecule has 126 valence electrons. The SMILES string of the molecule is CCC(C)C(=O)N1CCc2nc(Nc3cccc(Cl)c3)ncc2C1. The Balaban J connectivity index is 1.73. The Hall–Kier alpha value is -2.14. The molecule has 1 aliphatic rings. The molecule has 24 heavy (non-hydrogen) atoms. The molecule has 0 bridgehead atoms. The maximum atomic E-state index is 12.3. The predicted molar refractivity (Wildman–Crippen MR) is 95.3 cm³/mol. The molecule has 6 heteroatoms. The number of fused-ring (bicyclic) bond motifs is 1. The van der Waals surface area contributed by atoms with Gasteiger partial charge < -0.3 is 10.2 Å². The van der Waals surface area contributed by atoms with Gasteiger partial charge in [-0.15, -0.1) is 0 Å². The van der Waals surface area contributed by atoms with E-state index in [0.29, 0.717) is 24.1 Å². The van der Waals surface area contributed by atoms with Crippen LogP contribution in [0.1, 0.15) is 31.5 Å². The van der Waals surface area contributed by atoms with Gasteiger partial charge in [0.2, 0.25) is 11.9 Å². The first kappa shape index (κ1) is 16.7. The Labute approximate surface area is 147 Å². The largest absolute Gasteiger partial charge is 0.338 e. The Morgan fingerprint density at radius 2 is 2.29 bits per heavy atom. The smallest absolute Gasteiger partial charge is 0.227 e. The van der Waals surface area contributed by atoms with Gasteiger partial charge in [-0.2, -0.15) is 0 Å². The third-order valence-electron chi connectivity index (χ3n) is 4.36. The molecule has 1 N–H and O–H groups in total. The van der Waals surface area contributed by atoms with Gasteiger partial charge in [-0.25, -0.2) is 9.97 Å². The lowest BCUT2D eigenvalue weighted by molar-refractivity contribution is -0.136. The second-order valence-electron chi connectivity index (χ2n) is 6.12. The fourth-order valence-corrected chi connectivity index (χ4v) is 2.94. The van der Waals surface area contributed by atoms with Crippen molar-refractivity contribution < 1.29 is 4.79 Å². The highest BCUT2D eigenvalue weighted by molar-refractivity contribution is 6.30. The summed E-state index contributed by atoms with van der Waals surface area (Å²) in [5.41, 5.74) is 2.88. The van der Waals surface area contributed by atoms with Gasteiger partial charge >= 0.3 is 0 Å². The third-order valence-corrected chi connectivity index (χ3v) is 4.60. The first-order chi connectivity index (χ1) is 11.6. The maximum Gasteiger partial charge on any atom is 0.227 e. The zero-order valence-corrected chi connectivity index (χ0v) is 14.7. The lowest BCUT2D eigenvalue weighted by Crippen LogP contribution is -2.39. The number of carbonyl (C=O) groups is 1. The van der Waals surface area contributed by atoms with Crippen LogP contribution in [0.3, 0.4) is 0 Å². The molecule has 3 rings (SSSR count).